The van der Waals surface area contributed by atoms with E-state index in [4.69, 9.17) is 0 Å². The highest BCUT2D eigenvalue weighted by Crippen LogP contribution is 2.24. The molecule has 30 heavy (non-hydrogen) atoms. The third-order valence-corrected chi connectivity index (χ3v) is 4.94. The molecule has 0 bridgehead atoms. The number of carboxylic acid groups (broad SMARTS) is 1. The van der Waals surface area contributed by atoms with Crippen molar-refractivity contribution in [3.63, 3.8) is 0 Å². The molecule has 0 atom stereocenters. The number of benzene rings is 4. The van der Waals surface area contributed by atoms with Crippen LogP contribution in [0, 0.1) is 0 Å². The van der Waals surface area contributed by atoms with Gasteiger partial charge in [0, 0.05) is 10.8 Å². The highest BCUT2D eigenvalue weighted by atomic mass is 16.4. The van der Waals surface area contributed by atoms with Crippen molar-refractivity contribution in [3.8, 4) is 0 Å². The fourth-order valence-corrected chi connectivity index (χ4v) is 3.49. The summed E-state index contributed by atoms with van der Waals surface area (Å²) in [7, 11) is 0. The van der Waals surface area contributed by atoms with Gasteiger partial charge in [0.25, 0.3) is 0 Å². The smallest absolute Gasteiger partial charge is 0.315 e. The van der Waals surface area contributed by atoms with E-state index in [2.05, 4.69) is 23.2 Å². The molecular weight excluding hydrogens is 370 g/mol. The van der Waals surface area contributed by atoms with Gasteiger partial charge in [-0.1, -0.05) is 97.1 Å². The van der Waals surface area contributed by atoms with E-state index < -0.39 is 11.9 Å². The standard InChI is InChI=1S/C14H12O2.C13H9N/c15-14(16)13(11-7-3-1-4-8-11)12-9-5-2-6-10-12;1-3-7-12-10(5-1)9-11-6-2-4-8-13(11)14-12/h1-10,13H,(H,15,16);1-9H. The summed E-state index contributed by atoms with van der Waals surface area (Å²) >= 11 is 0. The van der Waals surface area contributed by atoms with E-state index in [-0.39, 0.29) is 0 Å². The van der Waals surface area contributed by atoms with E-state index in [1.165, 1.54) is 10.8 Å². The van der Waals surface area contributed by atoms with Crippen LogP contribution in [0.1, 0.15) is 17.0 Å². The maximum atomic E-state index is 11.3. The Morgan fingerprint density at radius 3 is 1.43 bits per heavy atom. The number of aromatic nitrogens is 1. The zero-order valence-electron chi connectivity index (χ0n) is 16.3. The van der Waals surface area contributed by atoms with E-state index in [1.807, 2.05) is 97.1 Å². The van der Waals surface area contributed by atoms with Gasteiger partial charge in [0.15, 0.2) is 0 Å². The quantitative estimate of drug-likeness (QED) is 0.368. The summed E-state index contributed by atoms with van der Waals surface area (Å²) in [4.78, 5) is 15.9. The lowest BCUT2D eigenvalue weighted by molar-refractivity contribution is -0.137. The van der Waals surface area contributed by atoms with Crippen LogP contribution in [0.3, 0.4) is 0 Å². The average molecular weight is 391 g/mol. The van der Waals surface area contributed by atoms with Crippen molar-refractivity contribution in [3.05, 3.63) is 126 Å². The normalized spacial score (nSPS) is 10.6. The van der Waals surface area contributed by atoms with E-state index in [9.17, 15) is 9.90 Å². The second kappa shape index (κ2) is 9.01. The van der Waals surface area contributed by atoms with Gasteiger partial charge in [-0.15, -0.1) is 0 Å². The third kappa shape index (κ3) is 4.36. The highest BCUT2D eigenvalue weighted by molar-refractivity contribution is 5.92. The van der Waals surface area contributed by atoms with Crippen molar-refractivity contribution >= 4 is 27.8 Å². The van der Waals surface area contributed by atoms with Crippen molar-refractivity contribution in [2.75, 3.05) is 0 Å². The zero-order chi connectivity index (χ0) is 20.8. The van der Waals surface area contributed by atoms with Gasteiger partial charge in [-0.2, -0.15) is 0 Å². The van der Waals surface area contributed by atoms with E-state index in [0.717, 1.165) is 22.2 Å². The Balaban J connectivity index is 0.000000146. The molecule has 0 spiro atoms. The lowest BCUT2D eigenvalue weighted by Gasteiger charge is -2.12. The van der Waals surface area contributed by atoms with Crippen molar-refractivity contribution in [1.29, 1.82) is 0 Å². The van der Waals surface area contributed by atoms with E-state index in [0.29, 0.717) is 0 Å². The predicted octanol–water partition coefficient (Wildman–Crippen LogP) is 6.29. The number of rotatable bonds is 3. The maximum Gasteiger partial charge on any atom is 0.315 e. The number of pyridine rings is 1. The van der Waals surface area contributed by atoms with Crippen molar-refractivity contribution in [2.45, 2.75) is 5.92 Å². The average Bonchev–Trinajstić information content (AvgIpc) is 2.79. The summed E-state index contributed by atoms with van der Waals surface area (Å²) in [5.74, 6) is -1.40. The Labute approximate surface area is 175 Å². The summed E-state index contributed by atoms with van der Waals surface area (Å²) in [6.07, 6.45) is 0. The molecule has 3 heteroatoms. The molecule has 0 aliphatic heterocycles. The molecule has 0 aliphatic carbocycles. The number of hydrogen-bond donors (Lipinski definition) is 1. The van der Waals surface area contributed by atoms with Gasteiger partial charge in [0.1, 0.15) is 5.92 Å². The first kappa shape index (κ1) is 19.3. The van der Waals surface area contributed by atoms with Crippen LogP contribution in [0.25, 0.3) is 21.8 Å². The summed E-state index contributed by atoms with van der Waals surface area (Å²) in [6, 6.07) is 37.1. The SMILES string of the molecule is O=C(O)C(c1ccccc1)c1ccccc1.c1ccc2nc3ccccc3cc2c1. The van der Waals surface area contributed by atoms with Crippen LogP contribution in [0.5, 0.6) is 0 Å². The maximum absolute atomic E-state index is 11.3. The van der Waals surface area contributed by atoms with Crippen LogP contribution >= 0.6 is 0 Å². The van der Waals surface area contributed by atoms with Gasteiger partial charge >= 0.3 is 5.97 Å². The summed E-state index contributed by atoms with van der Waals surface area (Å²) in [5, 5.41) is 11.7. The molecule has 1 N–H and O–H groups in total. The second-order valence-corrected chi connectivity index (χ2v) is 6.97. The molecule has 0 amide bonds. The Morgan fingerprint density at radius 1 is 0.600 bits per heavy atom. The molecule has 0 unspecified atom stereocenters. The van der Waals surface area contributed by atoms with Gasteiger partial charge in [-0.3, -0.25) is 4.79 Å². The molecule has 146 valence electrons. The number of nitrogens with zero attached hydrogens (tertiary/aromatic N) is 1. The van der Waals surface area contributed by atoms with Gasteiger partial charge < -0.3 is 5.11 Å². The Morgan fingerprint density at radius 2 is 1.00 bits per heavy atom. The molecule has 0 radical (unpaired) electrons. The number of fused-ring (bicyclic) bond motifs is 2. The van der Waals surface area contributed by atoms with Crippen LogP contribution in [0.4, 0.5) is 0 Å². The highest BCUT2D eigenvalue weighted by Gasteiger charge is 2.21. The van der Waals surface area contributed by atoms with Gasteiger partial charge in [0.05, 0.1) is 11.0 Å². The number of hydrogen-bond acceptors (Lipinski definition) is 2. The van der Waals surface area contributed by atoms with Crippen LogP contribution in [-0.4, -0.2) is 16.1 Å². The lowest BCUT2D eigenvalue weighted by Crippen LogP contribution is -2.12. The third-order valence-electron chi connectivity index (χ3n) is 4.94. The lowest BCUT2D eigenvalue weighted by atomic mass is 9.92. The predicted molar refractivity (Wildman–Crippen MR) is 122 cm³/mol. The minimum atomic E-state index is -0.822. The summed E-state index contributed by atoms with van der Waals surface area (Å²) < 4.78 is 0. The molecule has 0 saturated heterocycles. The second-order valence-electron chi connectivity index (χ2n) is 6.97. The molecule has 1 aromatic heterocycles. The molecular formula is C27H21NO2. The first-order valence-corrected chi connectivity index (χ1v) is 9.79. The number of carboxylic acids is 1. The van der Waals surface area contributed by atoms with Crippen LogP contribution in [0.15, 0.2) is 115 Å². The van der Waals surface area contributed by atoms with E-state index >= 15 is 0 Å². The molecule has 5 rings (SSSR count). The van der Waals surface area contributed by atoms with Gasteiger partial charge in [-0.05, 0) is 29.3 Å². The topological polar surface area (TPSA) is 50.2 Å². The van der Waals surface area contributed by atoms with Crippen molar-refractivity contribution in [1.82, 2.24) is 4.98 Å². The summed E-state index contributed by atoms with van der Waals surface area (Å²) in [5.41, 5.74) is 3.74. The number of para-hydroxylation sites is 2. The molecule has 0 saturated carbocycles. The Bertz CT molecular complexity index is 1120. The summed E-state index contributed by atoms with van der Waals surface area (Å²) in [6.45, 7) is 0. The van der Waals surface area contributed by atoms with Gasteiger partial charge in [-0.25, -0.2) is 4.98 Å². The minimum Gasteiger partial charge on any atom is -0.481 e. The molecule has 4 aromatic carbocycles. The van der Waals surface area contributed by atoms with Crippen molar-refractivity contribution < 1.29 is 9.90 Å². The Hall–Kier alpha value is -3.98. The molecule has 0 fully saturated rings. The van der Waals surface area contributed by atoms with Crippen LogP contribution in [0.2, 0.25) is 0 Å². The molecule has 0 aliphatic rings. The fraction of sp³-hybridized carbons (Fsp3) is 0.0370. The van der Waals surface area contributed by atoms with Crippen LogP contribution in [-0.2, 0) is 4.79 Å². The minimum absolute atomic E-state index is 0.581. The molecule has 5 aromatic rings. The molecule has 1 heterocycles. The number of aliphatic carboxylic acids is 1. The van der Waals surface area contributed by atoms with E-state index in [1.54, 1.807) is 0 Å². The molecule has 3 nitrogen and oxygen atoms in total. The van der Waals surface area contributed by atoms with Crippen LogP contribution < -0.4 is 0 Å². The number of carbonyl (C=O) groups is 1. The fourth-order valence-electron chi connectivity index (χ4n) is 3.49. The Kier molecular flexibility index (Phi) is 5.81. The largest absolute Gasteiger partial charge is 0.481 e. The van der Waals surface area contributed by atoms with Crippen molar-refractivity contribution in [2.24, 2.45) is 0 Å². The zero-order valence-corrected chi connectivity index (χ0v) is 16.3. The first-order chi connectivity index (χ1) is 14.7. The first-order valence-electron chi connectivity index (χ1n) is 9.79. The van der Waals surface area contributed by atoms with Gasteiger partial charge in [0.2, 0.25) is 0 Å². The monoisotopic (exact) mass is 391 g/mol.